The smallest absolute Gasteiger partial charge is 0.419 e. The summed E-state index contributed by atoms with van der Waals surface area (Å²) in [6.45, 7) is 0.198. The monoisotopic (exact) mass is 498 g/mol. The number of halogens is 3. The molecule has 7 nitrogen and oxygen atoms in total. The van der Waals surface area contributed by atoms with Crippen LogP contribution >= 0.6 is 0 Å². The van der Waals surface area contributed by atoms with Crippen molar-refractivity contribution >= 4 is 5.91 Å². The van der Waals surface area contributed by atoms with Crippen LogP contribution in [0.5, 0.6) is 17.2 Å². The molecule has 1 fully saturated rings. The van der Waals surface area contributed by atoms with E-state index in [4.69, 9.17) is 9.47 Å². The normalized spacial score (nSPS) is 14.3. The van der Waals surface area contributed by atoms with Gasteiger partial charge in [-0.15, -0.1) is 0 Å². The largest absolute Gasteiger partial charge is 0.497 e. The maximum absolute atomic E-state index is 13.7. The highest BCUT2D eigenvalue weighted by Gasteiger charge is 2.43. The van der Waals surface area contributed by atoms with Crippen molar-refractivity contribution in [1.82, 2.24) is 20.6 Å². The number of nitrogens with one attached hydrogen (secondary N) is 2. The number of alkyl halides is 3. The van der Waals surface area contributed by atoms with Gasteiger partial charge in [0.2, 0.25) is 0 Å². The molecule has 2 N–H and O–H groups in total. The summed E-state index contributed by atoms with van der Waals surface area (Å²) >= 11 is 0. The summed E-state index contributed by atoms with van der Waals surface area (Å²) in [4.78, 5) is 20.0. The molecule has 1 saturated carbocycles. The van der Waals surface area contributed by atoms with Crippen molar-refractivity contribution in [2.24, 2.45) is 0 Å². The van der Waals surface area contributed by atoms with Gasteiger partial charge >= 0.3 is 6.18 Å². The van der Waals surface area contributed by atoms with Gasteiger partial charge in [-0.05, 0) is 67.4 Å². The fourth-order valence-corrected chi connectivity index (χ4v) is 3.57. The second-order valence-electron chi connectivity index (χ2n) is 8.45. The number of nitrogens with zero attached hydrogens (tertiary/aromatic N) is 2. The predicted molar refractivity (Wildman–Crippen MR) is 127 cm³/mol. The number of carbonyl (C=O) groups excluding carboxylic acids is 1. The van der Waals surface area contributed by atoms with E-state index in [0.29, 0.717) is 23.3 Å². The first-order valence-corrected chi connectivity index (χ1v) is 11.3. The lowest BCUT2D eigenvalue weighted by Crippen LogP contribution is -2.36. The van der Waals surface area contributed by atoms with E-state index in [1.807, 2.05) is 6.08 Å². The van der Waals surface area contributed by atoms with Crippen LogP contribution in [0.15, 0.2) is 73.5 Å². The van der Waals surface area contributed by atoms with E-state index in [2.05, 4.69) is 20.6 Å². The highest BCUT2D eigenvalue weighted by atomic mass is 19.4. The Labute approximate surface area is 206 Å². The van der Waals surface area contributed by atoms with Crippen molar-refractivity contribution in [2.75, 3.05) is 7.11 Å². The van der Waals surface area contributed by atoms with Crippen molar-refractivity contribution in [3.05, 3.63) is 90.2 Å². The molecular formula is C26H25F3N4O3. The highest BCUT2D eigenvalue weighted by molar-refractivity contribution is 5.94. The maximum Gasteiger partial charge on any atom is 0.419 e. The van der Waals surface area contributed by atoms with Gasteiger partial charge in [0.1, 0.15) is 23.6 Å². The molecule has 0 spiro atoms. The molecule has 0 aliphatic heterocycles. The summed E-state index contributed by atoms with van der Waals surface area (Å²) in [7, 11) is 1.50. The average molecular weight is 499 g/mol. The average Bonchev–Trinajstić information content (AvgIpc) is 3.64. The Balaban J connectivity index is 1.33. The number of methoxy groups -OCH3 is 1. The third-order valence-electron chi connectivity index (χ3n) is 5.74. The first-order chi connectivity index (χ1) is 17.3. The van der Waals surface area contributed by atoms with Crippen molar-refractivity contribution in [2.45, 2.75) is 37.5 Å². The second-order valence-corrected chi connectivity index (χ2v) is 8.45. The van der Waals surface area contributed by atoms with Crippen LogP contribution in [-0.2, 0) is 12.7 Å². The topological polar surface area (TPSA) is 85.4 Å². The third kappa shape index (κ3) is 6.53. The Kier molecular flexibility index (Phi) is 7.42. The third-order valence-corrected chi connectivity index (χ3v) is 5.74. The van der Waals surface area contributed by atoms with E-state index >= 15 is 0 Å². The molecule has 0 bridgehead atoms. The molecule has 1 amide bonds. The van der Waals surface area contributed by atoms with Crippen molar-refractivity contribution in [3.63, 3.8) is 0 Å². The number of aromatic nitrogens is 2. The zero-order chi connectivity index (χ0) is 25.6. The first-order valence-electron chi connectivity index (χ1n) is 11.3. The molecule has 1 heterocycles. The zero-order valence-corrected chi connectivity index (χ0v) is 19.5. The van der Waals surface area contributed by atoms with Crippen LogP contribution in [0, 0.1) is 0 Å². The van der Waals surface area contributed by atoms with Gasteiger partial charge in [0.25, 0.3) is 5.91 Å². The molecule has 0 radical (unpaired) electrons. The van der Waals surface area contributed by atoms with Gasteiger partial charge in [0.15, 0.2) is 0 Å². The Bertz CT molecular complexity index is 1210. The lowest BCUT2D eigenvalue weighted by atomic mass is 10.1. The predicted octanol–water partition coefficient (Wildman–Crippen LogP) is 5.25. The lowest BCUT2D eigenvalue weighted by Gasteiger charge is -2.16. The Morgan fingerprint density at radius 3 is 2.42 bits per heavy atom. The fourth-order valence-electron chi connectivity index (χ4n) is 3.57. The van der Waals surface area contributed by atoms with Crippen LogP contribution in [0.2, 0.25) is 0 Å². The van der Waals surface area contributed by atoms with Crippen LogP contribution in [0.1, 0.15) is 40.7 Å². The van der Waals surface area contributed by atoms with Gasteiger partial charge in [-0.1, -0.05) is 12.1 Å². The molecule has 4 rings (SSSR count). The van der Waals surface area contributed by atoms with E-state index in [1.165, 1.54) is 31.9 Å². The molecule has 188 valence electrons. The van der Waals surface area contributed by atoms with Gasteiger partial charge in [-0.25, -0.2) is 9.97 Å². The maximum atomic E-state index is 13.7. The number of ether oxygens (including phenoxy) is 2. The second kappa shape index (κ2) is 10.7. The number of hydrogen-bond acceptors (Lipinski definition) is 6. The molecule has 0 atom stereocenters. The number of carbonyl (C=O) groups is 1. The van der Waals surface area contributed by atoms with Gasteiger partial charge < -0.3 is 20.1 Å². The summed E-state index contributed by atoms with van der Waals surface area (Å²) in [5.74, 6) is 0.345. The number of benzene rings is 2. The van der Waals surface area contributed by atoms with E-state index in [1.54, 1.807) is 36.5 Å². The zero-order valence-electron chi connectivity index (χ0n) is 19.5. The minimum absolute atomic E-state index is 0.198. The summed E-state index contributed by atoms with van der Waals surface area (Å²) < 4.78 is 51.6. The van der Waals surface area contributed by atoms with E-state index < -0.39 is 11.7 Å². The minimum Gasteiger partial charge on any atom is -0.497 e. The van der Waals surface area contributed by atoms with Crippen LogP contribution in [0.4, 0.5) is 13.2 Å². The van der Waals surface area contributed by atoms with E-state index in [-0.39, 0.29) is 29.5 Å². The van der Waals surface area contributed by atoms with Crippen molar-refractivity contribution in [3.8, 4) is 17.2 Å². The van der Waals surface area contributed by atoms with Crippen molar-refractivity contribution in [1.29, 1.82) is 0 Å². The van der Waals surface area contributed by atoms with Gasteiger partial charge in [-0.2, -0.15) is 13.2 Å². The molecule has 1 aromatic heterocycles. The number of rotatable bonds is 10. The summed E-state index contributed by atoms with van der Waals surface area (Å²) in [6.07, 6.45) is 5.54. The summed E-state index contributed by atoms with van der Waals surface area (Å²) in [6, 6.07) is 10.3. The molecule has 0 unspecified atom stereocenters. The molecule has 10 heteroatoms. The SMILES string of the molecule is COc1ccc(Oc2ccc(CN/C=C/CC3(NC(=O)c4cncnc4)CC3)cc2C(F)(F)F)cc1. The molecule has 1 aliphatic rings. The molecule has 0 saturated heterocycles. The lowest BCUT2D eigenvalue weighted by molar-refractivity contribution is -0.138. The number of hydrogen-bond donors (Lipinski definition) is 2. The fraction of sp³-hybridized carbons (Fsp3) is 0.269. The van der Waals surface area contributed by atoms with Gasteiger partial charge in [0, 0.05) is 24.5 Å². The van der Waals surface area contributed by atoms with Crippen LogP contribution < -0.4 is 20.1 Å². The Morgan fingerprint density at radius 2 is 1.78 bits per heavy atom. The molecule has 36 heavy (non-hydrogen) atoms. The van der Waals surface area contributed by atoms with Gasteiger partial charge in [-0.3, -0.25) is 4.79 Å². The van der Waals surface area contributed by atoms with Crippen LogP contribution in [-0.4, -0.2) is 28.5 Å². The van der Waals surface area contributed by atoms with E-state index in [9.17, 15) is 18.0 Å². The first kappa shape index (κ1) is 25.0. The standard InChI is InChI=1S/C26H25F3N4O3/c1-35-20-4-6-21(7-5-20)36-23-8-3-18(13-22(23)26(27,28)29)14-30-12-2-9-25(10-11-25)33-24(34)19-15-31-17-32-16-19/h2-8,12-13,15-17,30H,9-11,14H2,1H3,(H,33,34)/b12-2+. The molecule has 3 aromatic rings. The quantitative estimate of drug-likeness (QED) is 0.397. The molecular weight excluding hydrogens is 473 g/mol. The van der Waals surface area contributed by atoms with Crippen molar-refractivity contribution < 1.29 is 27.4 Å². The number of amides is 1. The Morgan fingerprint density at radius 1 is 1.08 bits per heavy atom. The summed E-state index contributed by atoms with van der Waals surface area (Å²) in [5, 5.41) is 6.02. The van der Waals surface area contributed by atoms with Gasteiger partial charge in [0.05, 0.1) is 18.2 Å². The molecule has 1 aliphatic carbocycles. The van der Waals surface area contributed by atoms with Crippen LogP contribution in [0.3, 0.4) is 0 Å². The highest BCUT2D eigenvalue weighted by Crippen LogP contribution is 2.40. The Hall–Kier alpha value is -4.08. The van der Waals surface area contributed by atoms with Crippen LogP contribution in [0.25, 0.3) is 0 Å². The minimum atomic E-state index is -4.58. The van der Waals surface area contributed by atoms with E-state index in [0.717, 1.165) is 18.9 Å². The molecule has 2 aromatic carbocycles. The summed E-state index contributed by atoms with van der Waals surface area (Å²) in [5.41, 5.74) is -0.320.